The molecule has 0 saturated carbocycles. The van der Waals surface area contributed by atoms with E-state index in [-0.39, 0.29) is 4.90 Å². The van der Waals surface area contributed by atoms with E-state index in [0.717, 1.165) is 18.2 Å². The number of carbonyl (C=O) groups excluding carboxylic acids is 1. The van der Waals surface area contributed by atoms with Gasteiger partial charge < -0.3 is 5.73 Å². The summed E-state index contributed by atoms with van der Waals surface area (Å²) in [7, 11) is -3.35. The van der Waals surface area contributed by atoms with Crippen LogP contribution >= 0.6 is 0 Å². The lowest BCUT2D eigenvalue weighted by Crippen LogP contribution is -2.13. The Hall–Kier alpha value is -2.14. The number of hydrogen-bond acceptors (Lipinski definition) is 3. The zero-order chi connectivity index (χ0) is 17.2. The third-order valence-corrected chi connectivity index (χ3v) is 5.20. The van der Waals surface area contributed by atoms with Crippen LogP contribution in [0, 0.1) is 0 Å². The van der Waals surface area contributed by atoms with Crippen molar-refractivity contribution in [2.45, 2.75) is 31.1 Å². The molecule has 0 fully saturated rings. The predicted molar refractivity (Wildman–Crippen MR) is 92.2 cm³/mol. The van der Waals surface area contributed by atoms with Crippen LogP contribution in [-0.2, 0) is 9.84 Å². The number of sulfone groups is 1. The summed E-state index contributed by atoms with van der Waals surface area (Å²) in [6.45, 7) is 4.27. The van der Waals surface area contributed by atoms with Crippen LogP contribution in [0.4, 0.5) is 0 Å². The van der Waals surface area contributed by atoms with Gasteiger partial charge in [0, 0.05) is 11.8 Å². The van der Waals surface area contributed by atoms with Gasteiger partial charge in [0.05, 0.1) is 4.90 Å². The number of rotatable bonds is 5. The van der Waals surface area contributed by atoms with E-state index < -0.39 is 15.7 Å². The molecule has 1 amide bonds. The van der Waals surface area contributed by atoms with Gasteiger partial charge >= 0.3 is 0 Å². The summed E-state index contributed by atoms with van der Waals surface area (Å²) in [4.78, 5) is 11.8. The molecular weight excluding hydrogens is 310 g/mol. The minimum absolute atomic E-state index is 0.170. The molecule has 0 aliphatic heterocycles. The molecule has 0 radical (unpaired) electrons. The smallest absolute Gasteiger partial charge is 0.249 e. The van der Waals surface area contributed by atoms with Gasteiger partial charge in [0.15, 0.2) is 9.84 Å². The quantitative estimate of drug-likeness (QED) is 0.912. The normalized spacial score (nSPS) is 12.8. The van der Waals surface area contributed by atoms with Crippen LogP contribution in [0.3, 0.4) is 0 Å². The van der Waals surface area contributed by atoms with Crippen molar-refractivity contribution in [2.75, 3.05) is 6.26 Å². The summed E-state index contributed by atoms with van der Waals surface area (Å²) in [5.74, 6) is -0.131. The zero-order valence-corrected chi connectivity index (χ0v) is 14.4. The molecule has 2 N–H and O–H groups in total. The molecule has 0 saturated heterocycles. The molecule has 0 aliphatic carbocycles. The lowest BCUT2D eigenvalue weighted by Gasteiger charge is -2.12. The fourth-order valence-corrected chi connectivity index (χ4v) is 3.08. The molecule has 1 unspecified atom stereocenters. The SMILES string of the molecule is CCC(C)c1ccc(-c2cc(S(C)(=O)=O)ccc2C(N)=O)cc1. The summed E-state index contributed by atoms with van der Waals surface area (Å²) in [5, 5.41) is 0. The molecule has 0 aliphatic rings. The molecule has 2 aromatic rings. The van der Waals surface area contributed by atoms with Crippen LogP contribution in [0.1, 0.15) is 42.1 Å². The number of primary amides is 1. The molecule has 122 valence electrons. The topological polar surface area (TPSA) is 77.2 Å². The summed E-state index contributed by atoms with van der Waals surface area (Å²) in [6.07, 6.45) is 2.18. The van der Waals surface area contributed by atoms with Crippen LogP contribution in [-0.4, -0.2) is 20.6 Å². The molecule has 2 rings (SSSR count). The second-order valence-corrected chi connectivity index (χ2v) is 7.79. The molecule has 0 spiro atoms. The van der Waals surface area contributed by atoms with Gasteiger partial charge in [-0.25, -0.2) is 8.42 Å². The zero-order valence-electron chi connectivity index (χ0n) is 13.5. The Bertz CT molecular complexity index is 824. The lowest BCUT2D eigenvalue weighted by atomic mass is 9.94. The Morgan fingerprint density at radius 2 is 1.74 bits per heavy atom. The number of benzene rings is 2. The van der Waals surface area contributed by atoms with Crippen molar-refractivity contribution in [3.8, 4) is 11.1 Å². The molecule has 0 heterocycles. The summed E-state index contributed by atoms with van der Waals surface area (Å²) in [5.41, 5.74) is 8.25. The molecule has 23 heavy (non-hydrogen) atoms. The maximum Gasteiger partial charge on any atom is 0.249 e. The summed E-state index contributed by atoms with van der Waals surface area (Å²) < 4.78 is 23.5. The van der Waals surface area contributed by atoms with Crippen molar-refractivity contribution in [1.29, 1.82) is 0 Å². The Morgan fingerprint density at radius 1 is 1.13 bits per heavy atom. The standard InChI is InChI=1S/C18H21NO3S/c1-4-12(2)13-5-7-14(8-6-13)17-11-15(23(3,21)22)9-10-16(17)18(19)20/h5-12H,4H2,1-3H3,(H2,19,20). The largest absolute Gasteiger partial charge is 0.366 e. The minimum atomic E-state index is -3.35. The van der Waals surface area contributed by atoms with E-state index in [1.54, 1.807) is 0 Å². The number of nitrogens with two attached hydrogens (primary N) is 1. The second kappa shape index (κ2) is 6.54. The molecule has 0 bridgehead atoms. The average molecular weight is 331 g/mol. The monoisotopic (exact) mass is 331 g/mol. The third-order valence-electron chi connectivity index (χ3n) is 4.09. The van der Waals surface area contributed by atoms with Crippen LogP contribution in [0.25, 0.3) is 11.1 Å². The Balaban J connectivity index is 2.58. The van der Waals surface area contributed by atoms with E-state index in [2.05, 4.69) is 13.8 Å². The van der Waals surface area contributed by atoms with Crippen molar-refractivity contribution in [3.63, 3.8) is 0 Å². The fraction of sp³-hybridized carbons (Fsp3) is 0.278. The first kappa shape index (κ1) is 17.2. The number of hydrogen-bond donors (Lipinski definition) is 1. The van der Waals surface area contributed by atoms with E-state index in [9.17, 15) is 13.2 Å². The van der Waals surface area contributed by atoms with E-state index >= 15 is 0 Å². The molecule has 2 aromatic carbocycles. The highest BCUT2D eigenvalue weighted by Crippen LogP contribution is 2.29. The number of amides is 1. The van der Waals surface area contributed by atoms with Crippen molar-refractivity contribution in [2.24, 2.45) is 5.73 Å². The van der Waals surface area contributed by atoms with Crippen LogP contribution in [0.5, 0.6) is 0 Å². The lowest BCUT2D eigenvalue weighted by molar-refractivity contribution is 0.100. The van der Waals surface area contributed by atoms with Gasteiger partial charge in [0.25, 0.3) is 0 Å². The minimum Gasteiger partial charge on any atom is -0.366 e. The fourth-order valence-electron chi connectivity index (χ4n) is 2.43. The van der Waals surface area contributed by atoms with Crippen molar-refractivity contribution in [3.05, 3.63) is 53.6 Å². The predicted octanol–water partition coefficient (Wildman–Crippen LogP) is 3.37. The van der Waals surface area contributed by atoms with Gasteiger partial charge in [-0.3, -0.25) is 4.79 Å². The van der Waals surface area contributed by atoms with Crippen LogP contribution < -0.4 is 5.73 Å². The Morgan fingerprint density at radius 3 is 2.22 bits per heavy atom. The molecule has 4 nitrogen and oxygen atoms in total. The van der Waals surface area contributed by atoms with E-state index in [0.29, 0.717) is 17.0 Å². The van der Waals surface area contributed by atoms with E-state index in [1.165, 1.54) is 23.8 Å². The Labute approximate surface area is 137 Å². The average Bonchev–Trinajstić information content (AvgIpc) is 2.52. The first-order valence-electron chi connectivity index (χ1n) is 7.48. The van der Waals surface area contributed by atoms with Gasteiger partial charge in [-0.2, -0.15) is 0 Å². The summed E-state index contributed by atoms with van der Waals surface area (Å²) >= 11 is 0. The maximum absolute atomic E-state index is 11.8. The van der Waals surface area contributed by atoms with Crippen LogP contribution in [0.15, 0.2) is 47.4 Å². The summed E-state index contributed by atoms with van der Waals surface area (Å²) in [6, 6.07) is 12.2. The first-order valence-corrected chi connectivity index (χ1v) is 9.37. The third kappa shape index (κ3) is 3.79. The number of carbonyl (C=O) groups is 1. The van der Waals surface area contributed by atoms with E-state index in [1.807, 2.05) is 24.3 Å². The van der Waals surface area contributed by atoms with Crippen molar-refractivity contribution < 1.29 is 13.2 Å². The highest BCUT2D eigenvalue weighted by atomic mass is 32.2. The maximum atomic E-state index is 11.8. The van der Waals surface area contributed by atoms with Gasteiger partial charge in [0.1, 0.15) is 0 Å². The second-order valence-electron chi connectivity index (χ2n) is 5.78. The highest BCUT2D eigenvalue weighted by Gasteiger charge is 2.15. The molecule has 1 atom stereocenters. The van der Waals surface area contributed by atoms with Crippen LogP contribution in [0.2, 0.25) is 0 Å². The van der Waals surface area contributed by atoms with Gasteiger partial charge in [-0.15, -0.1) is 0 Å². The Kier molecular flexibility index (Phi) is 4.90. The van der Waals surface area contributed by atoms with Gasteiger partial charge in [0.2, 0.25) is 5.91 Å². The molecule has 0 aromatic heterocycles. The van der Waals surface area contributed by atoms with Crippen molar-refractivity contribution >= 4 is 15.7 Å². The molecule has 5 heteroatoms. The first-order chi connectivity index (χ1) is 10.7. The highest BCUT2D eigenvalue weighted by molar-refractivity contribution is 7.90. The van der Waals surface area contributed by atoms with Gasteiger partial charge in [-0.1, -0.05) is 38.1 Å². The van der Waals surface area contributed by atoms with Crippen molar-refractivity contribution in [1.82, 2.24) is 0 Å². The van der Waals surface area contributed by atoms with Gasteiger partial charge in [-0.05, 0) is 47.2 Å². The van der Waals surface area contributed by atoms with E-state index in [4.69, 9.17) is 5.73 Å². The molecular formula is C18H21NO3S.